The van der Waals surface area contributed by atoms with Crippen molar-refractivity contribution in [3.05, 3.63) is 28.2 Å². The van der Waals surface area contributed by atoms with Crippen LogP contribution in [0.15, 0.2) is 22.7 Å². The molecule has 21 heavy (non-hydrogen) atoms. The van der Waals surface area contributed by atoms with Gasteiger partial charge in [-0.2, -0.15) is 0 Å². The maximum absolute atomic E-state index is 5.83. The predicted molar refractivity (Wildman–Crippen MR) is 93.0 cm³/mol. The van der Waals surface area contributed by atoms with Crippen LogP contribution in [0.25, 0.3) is 0 Å². The van der Waals surface area contributed by atoms with E-state index in [1.54, 1.807) is 0 Å². The van der Waals surface area contributed by atoms with Gasteiger partial charge in [-0.3, -0.25) is 0 Å². The van der Waals surface area contributed by atoms with E-state index in [4.69, 9.17) is 4.74 Å². The van der Waals surface area contributed by atoms with E-state index in [-0.39, 0.29) is 6.10 Å². The summed E-state index contributed by atoms with van der Waals surface area (Å²) in [5, 5.41) is 3.53. The average molecular weight is 355 g/mol. The first kappa shape index (κ1) is 16.8. The van der Waals surface area contributed by atoms with Gasteiger partial charge in [0.1, 0.15) is 0 Å². The van der Waals surface area contributed by atoms with Gasteiger partial charge in [-0.1, -0.05) is 42.8 Å². The van der Waals surface area contributed by atoms with E-state index in [9.17, 15) is 0 Å². The lowest BCUT2D eigenvalue weighted by atomic mass is 10.1. The van der Waals surface area contributed by atoms with Gasteiger partial charge in [0, 0.05) is 29.3 Å². The topological polar surface area (TPSA) is 24.5 Å². The first-order valence-electron chi connectivity index (χ1n) is 7.91. The minimum Gasteiger partial charge on any atom is -0.375 e. The minimum atomic E-state index is 0.290. The van der Waals surface area contributed by atoms with E-state index in [1.807, 2.05) is 0 Å². The highest BCUT2D eigenvalue weighted by atomic mass is 79.9. The first-order chi connectivity index (χ1) is 10.0. The number of hydrogen-bond donors (Lipinski definition) is 1. The van der Waals surface area contributed by atoms with Gasteiger partial charge in [-0.25, -0.2) is 0 Å². The van der Waals surface area contributed by atoms with Crippen LogP contribution in [0.5, 0.6) is 0 Å². The largest absolute Gasteiger partial charge is 0.375 e. The Bertz CT molecular complexity index is 464. The molecule has 1 aromatic rings. The van der Waals surface area contributed by atoms with Crippen LogP contribution >= 0.6 is 15.9 Å². The zero-order valence-electron chi connectivity index (χ0n) is 13.5. The highest BCUT2D eigenvalue weighted by Gasteiger charge is 2.27. The zero-order chi connectivity index (χ0) is 15.4. The molecule has 0 aliphatic carbocycles. The number of rotatable bonds is 5. The SMILES string of the molecule is CCC1COC(C)CN1c1cc(Br)ccc1CNC(C)C. The van der Waals surface area contributed by atoms with Crippen molar-refractivity contribution < 1.29 is 4.74 Å². The third kappa shape index (κ3) is 4.44. The molecule has 0 saturated carbocycles. The maximum Gasteiger partial charge on any atom is 0.0723 e. The average Bonchev–Trinajstić information content (AvgIpc) is 2.45. The highest BCUT2D eigenvalue weighted by molar-refractivity contribution is 9.10. The monoisotopic (exact) mass is 354 g/mol. The second-order valence-corrected chi connectivity index (χ2v) is 7.08. The van der Waals surface area contributed by atoms with E-state index in [0.717, 1.165) is 30.6 Å². The molecule has 1 N–H and O–H groups in total. The van der Waals surface area contributed by atoms with Crippen LogP contribution in [0.3, 0.4) is 0 Å². The number of nitrogens with one attached hydrogen (secondary N) is 1. The Labute approximate surface area is 137 Å². The van der Waals surface area contributed by atoms with Crippen molar-refractivity contribution in [3.8, 4) is 0 Å². The van der Waals surface area contributed by atoms with Gasteiger partial charge < -0.3 is 15.0 Å². The molecule has 0 bridgehead atoms. The van der Waals surface area contributed by atoms with Gasteiger partial charge in [0.25, 0.3) is 0 Å². The van der Waals surface area contributed by atoms with Gasteiger partial charge in [0.05, 0.1) is 18.8 Å². The molecule has 2 atom stereocenters. The lowest BCUT2D eigenvalue weighted by Crippen LogP contribution is -2.49. The normalized spacial score (nSPS) is 22.9. The Kier molecular flexibility index (Phi) is 6.08. The molecule has 2 rings (SSSR count). The van der Waals surface area contributed by atoms with Crippen molar-refractivity contribution in [2.75, 3.05) is 18.1 Å². The van der Waals surface area contributed by atoms with Gasteiger partial charge in [0.2, 0.25) is 0 Å². The molecule has 1 aromatic carbocycles. The van der Waals surface area contributed by atoms with Crippen LogP contribution in [0.4, 0.5) is 5.69 Å². The standard InChI is InChI=1S/C17H27BrN2O/c1-5-16-11-21-13(4)10-20(16)17-8-15(18)7-6-14(17)9-19-12(2)3/h6-8,12-13,16,19H,5,9-11H2,1-4H3. The molecule has 1 fully saturated rings. The van der Waals surface area contributed by atoms with Crippen molar-refractivity contribution in [1.82, 2.24) is 5.32 Å². The minimum absolute atomic E-state index is 0.290. The summed E-state index contributed by atoms with van der Waals surface area (Å²) in [4.78, 5) is 2.52. The Hall–Kier alpha value is -0.580. The lowest BCUT2D eigenvalue weighted by Gasteiger charge is -2.41. The molecule has 1 aliphatic heterocycles. The molecule has 1 saturated heterocycles. The zero-order valence-corrected chi connectivity index (χ0v) is 15.1. The highest BCUT2D eigenvalue weighted by Crippen LogP contribution is 2.30. The summed E-state index contributed by atoms with van der Waals surface area (Å²) < 4.78 is 6.97. The number of halogens is 1. The van der Waals surface area contributed by atoms with E-state index in [1.165, 1.54) is 11.3 Å². The van der Waals surface area contributed by atoms with E-state index < -0.39 is 0 Å². The van der Waals surface area contributed by atoms with E-state index >= 15 is 0 Å². The van der Waals surface area contributed by atoms with Crippen LogP contribution < -0.4 is 10.2 Å². The summed E-state index contributed by atoms with van der Waals surface area (Å²) in [6.45, 7) is 11.5. The molecular weight excluding hydrogens is 328 g/mol. The van der Waals surface area contributed by atoms with Gasteiger partial charge in [-0.15, -0.1) is 0 Å². The lowest BCUT2D eigenvalue weighted by molar-refractivity contribution is 0.0299. The Morgan fingerprint density at radius 2 is 2.19 bits per heavy atom. The van der Waals surface area contributed by atoms with Crippen molar-refractivity contribution in [1.29, 1.82) is 0 Å². The maximum atomic E-state index is 5.83. The summed E-state index contributed by atoms with van der Waals surface area (Å²) in [5.41, 5.74) is 2.69. The second-order valence-electron chi connectivity index (χ2n) is 6.17. The summed E-state index contributed by atoms with van der Waals surface area (Å²) in [7, 11) is 0. The first-order valence-corrected chi connectivity index (χ1v) is 8.70. The number of hydrogen-bond acceptors (Lipinski definition) is 3. The Morgan fingerprint density at radius 3 is 2.86 bits per heavy atom. The fourth-order valence-electron chi connectivity index (χ4n) is 2.75. The molecule has 3 nitrogen and oxygen atoms in total. The molecule has 118 valence electrons. The molecule has 2 unspecified atom stereocenters. The third-order valence-electron chi connectivity index (χ3n) is 4.00. The quantitative estimate of drug-likeness (QED) is 0.866. The summed E-state index contributed by atoms with van der Waals surface area (Å²) in [5.74, 6) is 0. The fraction of sp³-hybridized carbons (Fsp3) is 0.647. The van der Waals surface area contributed by atoms with Crippen molar-refractivity contribution >= 4 is 21.6 Å². The number of nitrogens with zero attached hydrogens (tertiary/aromatic N) is 1. The predicted octanol–water partition coefficient (Wildman–Crippen LogP) is 3.95. The molecule has 0 aromatic heterocycles. The van der Waals surface area contributed by atoms with Crippen LogP contribution in [0.2, 0.25) is 0 Å². The van der Waals surface area contributed by atoms with Gasteiger partial charge in [-0.05, 0) is 31.0 Å². The number of benzene rings is 1. The molecule has 0 radical (unpaired) electrons. The summed E-state index contributed by atoms with van der Waals surface area (Å²) in [6.07, 6.45) is 1.40. The third-order valence-corrected chi connectivity index (χ3v) is 4.49. The molecule has 0 spiro atoms. The van der Waals surface area contributed by atoms with Crippen LogP contribution in [0.1, 0.15) is 39.7 Å². The number of morpholine rings is 1. The van der Waals surface area contributed by atoms with E-state index in [2.05, 4.69) is 72.0 Å². The molecule has 0 amide bonds. The number of anilines is 1. The van der Waals surface area contributed by atoms with Crippen LogP contribution in [0, 0.1) is 0 Å². The van der Waals surface area contributed by atoms with Crippen molar-refractivity contribution in [2.24, 2.45) is 0 Å². The smallest absolute Gasteiger partial charge is 0.0723 e. The summed E-state index contributed by atoms with van der Waals surface area (Å²) >= 11 is 3.62. The Morgan fingerprint density at radius 1 is 1.43 bits per heavy atom. The second kappa shape index (κ2) is 7.61. The molecule has 1 heterocycles. The van der Waals surface area contributed by atoms with E-state index in [0.29, 0.717) is 12.1 Å². The van der Waals surface area contributed by atoms with Gasteiger partial charge >= 0.3 is 0 Å². The molecule has 1 aliphatic rings. The number of ether oxygens (including phenoxy) is 1. The molecule has 4 heteroatoms. The fourth-order valence-corrected chi connectivity index (χ4v) is 3.09. The van der Waals surface area contributed by atoms with Crippen molar-refractivity contribution in [3.63, 3.8) is 0 Å². The van der Waals surface area contributed by atoms with Gasteiger partial charge in [0.15, 0.2) is 0 Å². The van der Waals surface area contributed by atoms with Crippen molar-refractivity contribution in [2.45, 2.75) is 58.8 Å². The van der Waals surface area contributed by atoms with Crippen LogP contribution in [-0.4, -0.2) is 31.3 Å². The van der Waals surface area contributed by atoms with Crippen LogP contribution in [-0.2, 0) is 11.3 Å². The Balaban J connectivity index is 2.28. The molecular formula is C17H27BrN2O. The summed E-state index contributed by atoms with van der Waals surface area (Å²) in [6, 6.07) is 7.56.